The molecule has 3 aromatic rings. The number of rotatable bonds is 7. The molecule has 5 rings (SSSR count). The van der Waals surface area contributed by atoms with Gasteiger partial charge in [0.15, 0.2) is 5.65 Å². The Morgan fingerprint density at radius 3 is 2.78 bits per heavy atom. The number of halogens is 2. The summed E-state index contributed by atoms with van der Waals surface area (Å²) in [6.45, 7) is 10.5. The van der Waals surface area contributed by atoms with E-state index in [1.165, 1.54) is 6.42 Å². The maximum atomic E-state index is 11.9. The third-order valence-electron chi connectivity index (χ3n) is 7.44. The van der Waals surface area contributed by atoms with Crippen molar-refractivity contribution in [2.75, 3.05) is 44.2 Å². The van der Waals surface area contributed by atoms with Crippen molar-refractivity contribution in [2.45, 2.75) is 39.7 Å². The van der Waals surface area contributed by atoms with Crippen LogP contribution in [0.3, 0.4) is 0 Å². The average Bonchev–Trinajstić information content (AvgIpc) is 3.14. The first kappa shape index (κ1) is 25.2. The highest BCUT2D eigenvalue weighted by molar-refractivity contribution is 6.35. The van der Waals surface area contributed by atoms with Gasteiger partial charge in [-0.05, 0) is 69.7 Å². The Labute approximate surface area is 221 Å². The molecule has 0 saturated carbocycles. The van der Waals surface area contributed by atoms with E-state index in [0.717, 1.165) is 60.8 Å². The summed E-state index contributed by atoms with van der Waals surface area (Å²) in [6.07, 6.45) is 4.18. The first-order chi connectivity index (χ1) is 17.3. The number of carbonyl (C=O) groups is 1. The number of nitrogens with zero attached hydrogens (tertiary/aromatic N) is 6. The van der Waals surface area contributed by atoms with Crippen molar-refractivity contribution in [3.8, 4) is 0 Å². The van der Waals surface area contributed by atoms with Crippen LogP contribution in [0.1, 0.15) is 44.0 Å². The first-order valence-electron chi connectivity index (χ1n) is 12.6. The highest BCUT2D eigenvalue weighted by Gasteiger charge is 2.37. The van der Waals surface area contributed by atoms with Crippen LogP contribution >= 0.6 is 23.2 Å². The number of anilines is 1. The summed E-state index contributed by atoms with van der Waals surface area (Å²) < 4.78 is 7.04. The second-order valence-corrected chi connectivity index (χ2v) is 10.7. The molecule has 2 fully saturated rings. The number of aromatic nitrogens is 4. The summed E-state index contributed by atoms with van der Waals surface area (Å²) in [4.78, 5) is 26.1. The van der Waals surface area contributed by atoms with Gasteiger partial charge in [0, 0.05) is 29.7 Å². The molecule has 0 spiro atoms. The topological polar surface area (TPSA) is 76.4 Å². The average molecular weight is 531 g/mol. The van der Waals surface area contributed by atoms with Crippen molar-refractivity contribution >= 4 is 46.2 Å². The third-order valence-corrected chi connectivity index (χ3v) is 8.00. The van der Waals surface area contributed by atoms with Gasteiger partial charge in [0.2, 0.25) is 0 Å². The summed E-state index contributed by atoms with van der Waals surface area (Å²) in [5, 5.41) is 5.96. The molecular weight excluding hydrogens is 499 g/mol. The fraction of sp³-hybridized carbons (Fsp3) is 0.538. The highest BCUT2D eigenvalue weighted by Crippen LogP contribution is 2.35. The molecule has 4 heterocycles. The van der Waals surface area contributed by atoms with E-state index in [9.17, 15) is 4.79 Å². The lowest BCUT2D eigenvalue weighted by atomic mass is 9.80. The first-order valence-corrected chi connectivity index (χ1v) is 13.4. The van der Waals surface area contributed by atoms with E-state index in [1.807, 2.05) is 36.9 Å². The molecule has 1 aromatic carbocycles. The van der Waals surface area contributed by atoms with E-state index in [0.29, 0.717) is 35.0 Å². The van der Waals surface area contributed by atoms with Gasteiger partial charge in [-0.25, -0.2) is 14.6 Å². The lowest BCUT2D eigenvalue weighted by molar-refractivity contribution is -0.145. The predicted octanol–water partition coefficient (Wildman–Crippen LogP) is 4.76. The van der Waals surface area contributed by atoms with Crippen molar-refractivity contribution < 1.29 is 9.53 Å². The molecule has 2 aromatic heterocycles. The van der Waals surface area contributed by atoms with Gasteiger partial charge in [0.05, 0.1) is 31.1 Å². The fourth-order valence-electron chi connectivity index (χ4n) is 5.44. The number of hydrogen-bond donors (Lipinski definition) is 0. The summed E-state index contributed by atoms with van der Waals surface area (Å²) in [5.74, 6) is 1.92. The van der Waals surface area contributed by atoms with E-state index < -0.39 is 0 Å². The molecule has 0 aliphatic carbocycles. The number of piperidine rings is 1. The van der Waals surface area contributed by atoms with Crippen LogP contribution in [0.2, 0.25) is 10.0 Å². The van der Waals surface area contributed by atoms with Crippen molar-refractivity contribution in [1.82, 2.24) is 24.6 Å². The Morgan fingerprint density at radius 2 is 2.03 bits per heavy atom. The fourth-order valence-corrected chi connectivity index (χ4v) is 6.01. The minimum Gasteiger partial charge on any atom is -0.465 e. The molecule has 2 aliphatic rings. The normalized spacial score (nSPS) is 19.9. The molecule has 0 bridgehead atoms. The lowest BCUT2D eigenvalue weighted by Crippen LogP contribution is -2.54. The largest absolute Gasteiger partial charge is 0.465 e. The third kappa shape index (κ3) is 5.04. The van der Waals surface area contributed by atoms with E-state index in [-0.39, 0.29) is 12.0 Å². The lowest BCUT2D eigenvalue weighted by Gasteiger charge is -2.46. The van der Waals surface area contributed by atoms with Gasteiger partial charge in [0.1, 0.15) is 11.3 Å². The summed E-state index contributed by atoms with van der Waals surface area (Å²) in [7, 11) is 0. The summed E-state index contributed by atoms with van der Waals surface area (Å²) >= 11 is 12.6. The molecular formula is C26H32Cl2N6O2. The van der Waals surface area contributed by atoms with Gasteiger partial charge in [-0.1, -0.05) is 29.3 Å². The maximum absolute atomic E-state index is 11.9. The van der Waals surface area contributed by atoms with Crippen LogP contribution in [0.25, 0.3) is 11.2 Å². The molecule has 36 heavy (non-hydrogen) atoms. The van der Waals surface area contributed by atoms with Gasteiger partial charge in [-0.15, -0.1) is 0 Å². The van der Waals surface area contributed by atoms with Gasteiger partial charge in [-0.2, -0.15) is 5.10 Å². The molecule has 0 radical (unpaired) electrons. The monoisotopic (exact) mass is 530 g/mol. The van der Waals surface area contributed by atoms with Crippen molar-refractivity contribution in [3.63, 3.8) is 0 Å². The maximum Gasteiger partial charge on any atom is 0.320 e. The molecule has 2 saturated heterocycles. The van der Waals surface area contributed by atoms with Crippen molar-refractivity contribution in [3.05, 3.63) is 45.7 Å². The number of esters is 1. The van der Waals surface area contributed by atoms with Crippen LogP contribution in [0, 0.1) is 18.8 Å². The zero-order valence-electron chi connectivity index (χ0n) is 21.0. The summed E-state index contributed by atoms with van der Waals surface area (Å²) in [5.41, 5.74) is 3.33. The second-order valence-electron chi connectivity index (χ2n) is 9.88. The molecule has 0 amide bonds. The highest BCUT2D eigenvalue weighted by atomic mass is 35.5. The molecule has 0 N–H and O–H groups in total. The minimum atomic E-state index is -0.127. The number of likely N-dealkylation sites (tertiary alicyclic amines) is 1. The number of carbonyl (C=O) groups excluding carboxylic acids is 1. The number of ether oxygens (including phenoxy) is 1. The molecule has 10 heteroatoms. The van der Waals surface area contributed by atoms with Gasteiger partial charge in [-0.3, -0.25) is 9.69 Å². The molecule has 2 aliphatic heterocycles. The SMILES string of the molecule is CCOC(=O)CN1CCC[C@H](C2CN(c3cnc4c(C)nn(C(C)c5ccc(Cl)cc5Cl)c4n3)C2)C1. The van der Waals surface area contributed by atoms with Crippen LogP contribution in [0.15, 0.2) is 24.4 Å². The van der Waals surface area contributed by atoms with Crippen LogP contribution in [-0.2, 0) is 9.53 Å². The van der Waals surface area contributed by atoms with Crippen LogP contribution in [0.4, 0.5) is 5.82 Å². The minimum absolute atomic E-state index is 0.118. The van der Waals surface area contributed by atoms with Gasteiger partial charge >= 0.3 is 5.97 Å². The van der Waals surface area contributed by atoms with Crippen LogP contribution < -0.4 is 4.90 Å². The Kier molecular flexibility index (Phi) is 7.37. The van der Waals surface area contributed by atoms with Crippen LogP contribution in [0.5, 0.6) is 0 Å². The van der Waals surface area contributed by atoms with Gasteiger partial charge in [0.25, 0.3) is 0 Å². The van der Waals surface area contributed by atoms with E-state index in [1.54, 1.807) is 6.07 Å². The summed E-state index contributed by atoms with van der Waals surface area (Å²) in [6, 6.07) is 5.41. The number of benzene rings is 1. The van der Waals surface area contributed by atoms with Crippen LogP contribution in [-0.4, -0.2) is 69.9 Å². The number of hydrogen-bond acceptors (Lipinski definition) is 7. The smallest absolute Gasteiger partial charge is 0.320 e. The molecule has 2 atom stereocenters. The van der Waals surface area contributed by atoms with E-state index in [4.69, 9.17) is 43.0 Å². The molecule has 192 valence electrons. The Bertz CT molecular complexity index is 1260. The van der Waals surface area contributed by atoms with Crippen molar-refractivity contribution in [2.24, 2.45) is 11.8 Å². The standard InChI is InChI=1S/C26H32Cl2N6O2/c1-4-36-24(35)15-32-9-5-6-18(12-32)19-13-33(14-19)23-11-29-25-16(2)31-34(26(25)30-23)17(3)21-8-7-20(27)10-22(21)28/h7-8,10-11,17-19H,4-6,9,12-15H2,1-3H3/t17?,18-/m0/s1. The Hall–Kier alpha value is -2.42. The Morgan fingerprint density at radius 1 is 1.22 bits per heavy atom. The number of aryl methyl sites for hydroxylation is 1. The predicted molar refractivity (Wildman–Crippen MR) is 142 cm³/mol. The van der Waals surface area contributed by atoms with Gasteiger partial charge < -0.3 is 9.64 Å². The molecule has 8 nitrogen and oxygen atoms in total. The Balaban J connectivity index is 1.29. The van der Waals surface area contributed by atoms with Crippen molar-refractivity contribution in [1.29, 1.82) is 0 Å². The van der Waals surface area contributed by atoms with E-state index >= 15 is 0 Å². The second kappa shape index (κ2) is 10.5. The van der Waals surface area contributed by atoms with E-state index in [2.05, 4.69) is 16.7 Å². The zero-order chi connectivity index (χ0) is 25.4. The zero-order valence-corrected chi connectivity index (χ0v) is 22.5. The molecule has 1 unspecified atom stereocenters. The quantitative estimate of drug-likeness (QED) is 0.407. The number of fused-ring (bicyclic) bond motifs is 1.